The second-order valence-corrected chi connectivity index (χ2v) is 9.93. The predicted octanol–water partition coefficient (Wildman–Crippen LogP) is 7.98. The van der Waals surface area contributed by atoms with Crippen LogP contribution in [0.1, 0.15) is 16.7 Å². The van der Waals surface area contributed by atoms with Gasteiger partial charge in [0.1, 0.15) is 5.75 Å². The summed E-state index contributed by atoms with van der Waals surface area (Å²) in [6, 6.07) is 23.2. The number of halogens is 2. The molecular formula is C25H19Cl2N3OS2. The monoisotopic (exact) mass is 511 g/mol. The molecule has 3 aromatic carbocycles. The largest absolute Gasteiger partial charge is 0.497 e. The van der Waals surface area contributed by atoms with Crippen LogP contribution in [0.2, 0.25) is 10.0 Å². The van der Waals surface area contributed by atoms with Gasteiger partial charge < -0.3 is 4.74 Å². The SMILES string of the molecule is COc1ccc(/C=C/C(=Nc2nnc(SCc3ccc(Cl)cc3)s2)c2ccc(Cl)cc2)cc1. The van der Waals surface area contributed by atoms with E-state index in [0.29, 0.717) is 10.2 Å². The lowest BCUT2D eigenvalue weighted by Crippen LogP contribution is -1.96. The predicted molar refractivity (Wildman–Crippen MR) is 141 cm³/mol. The Bertz CT molecular complexity index is 1250. The molecule has 0 aliphatic heterocycles. The topological polar surface area (TPSA) is 47.4 Å². The molecule has 8 heteroatoms. The van der Waals surface area contributed by atoms with E-state index in [9.17, 15) is 0 Å². The first-order chi connectivity index (χ1) is 16.1. The highest BCUT2D eigenvalue weighted by atomic mass is 35.5. The van der Waals surface area contributed by atoms with Gasteiger partial charge in [-0.2, -0.15) is 0 Å². The number of hydrogen-bond donors (Lipinski definition) is 0. The number of ether oxygens (including phenoxy) is 1. The molecule has 0 aliphatic rings. The zero-order chi connectivity index (χ0) is 23.0. The zero-order valence-corrected chi connectivity index (χ0v) is 20.8. The number of aromatic nitrogens is 2. The van der Waals surface area contributed by atoms with Crippen LogP contribution in [0.25, 0.3) is 6.08 Å². The van der Waals surface area contributed by atoms with Gasteiger partial charge in [-0.05, 0) is 53.6 Å². The van der Waals surface area contributed by atoms with E-state index in [1.54, 1.807) is 18.9 Å². The molecule has 0 spiro atoms. The number of benzene rings is 3. The van der Waals surface area contributed by atoms with Crippen LogP contribution in [0.4, 0.5) is 5.13 Å². The van der Waals surface area contributed by atoms with Crippen LogP contribution >= 0.6 is 46.3 Å². The fourth-order valence-corrected chi connectivity index (χ4v) is 4.78. The number of methoxy groups -OCH3 is 1. The average molecular weight is 512 g/mol. The van der Waals surface area contributed by atoms with Crippen molar-refractivity contribution in [1.82, 2.24) is 10.2 Å². The summed E-state index contributed by atoms with van der Waals surface area (Å²) in [6.07, 6.45) is 3.97. The Balaban J connectivity index is 1.54. The van der Waals surface area contributed by atoms with Gasteiger partial charge in [-0.25, -0.2) is 4.99 Å². The number of hydrogen-bond acceptors (Lipinski definition) is 6. The summed E-state index contributed by atoms with van der Waals surface area (Å²) in [4.78, 5) is 4.77. The Morgan fingerprint density at radius 1 is 0.939 bits per heavy atom. The van der Waals surface area contributed by atoms with Crippen LogP contribution in [0.3, 0.4) is 0 Å². The summed E-state index contributed by atoms with van der Waals surface area (Å²) in [5.74, 6) is 1.60. The minimum atomic E-state index is 0.595. The Labute approximate surface area is 211 Å². The first kappa shape index (κ1) is 23.5. The Kier molecular flexibility index (Phi) is 8.18. The molecule has 0 N–H and O–H groups in total. The molecule has 0 saturated heterocycles. The van der Waals surface area contributed by atoms with Crippen LogP contribution in [0.5, 0.6) is 5.75 Å². The molecule has 0 unspecified atom stereocenters. The van der Waals surface area contributed by atoms with Gasteiger partial charge in [0.05, 0.1) is 12.8 Å². The molecule has 4 aromatic rings. The maximum absolute atomic E-state index is 6.08. The number of aliphatic imine (C=N–C) groups is 1. The third kappa shape index (κ3) is 6.92. The number of rotatable bonds is 8. The zero-order valence-electron chi connectivity index (χ0n) is 17.6. The number of nitrogens with zero attached hydrogens (tertiary/aromatic N) is 3. The van der Waals surface area contributed by atoms with Crippen LogP contribution < -0.4 is 4.74 Å². The van der Waals surface area contributed by atoms with E-state index >= 15 is 0 Å². The fourth-order valence-electron chi connectivity index (χ4n) is 2.84. The second-order valence-electron chi connectivity index (χ2n) is 6.88. The summed E-state index contributed by atoms with van der Waals surface area (Å²) >= 11 is 15.1. The minimum absolute atomic E-state index is 0.595. The number of allylic oxidation sites excluding steroid dienone is 1. The van der Waals surface area contributed by atoms with Crippen LogP contribution in [-0.2, 0) is 5.75 Å². The van der Waals surface area contributed by atoms with Crippen LogP contribution in [-0.4, -0.2) is 23.0 Å². The third-order valence-electron chi connectivity index (χ3n) is 4.58. The summed E-state index contributed by atoms with van der Waals surface area (Å²) in [7, 11) is 1.65. The van der Waals surface area contributed by atoms with Gasteiger partial charge in [0, 0.05) is 21.4 Å². The Morgan fingerprint density at radius 3 is 2.27 bits per heavy atom. The van der Waals surface area contributed by atoms with Crippen molar-refractivity contribution >= 4 is 63.2 Å². The van der Waals surface area contributed by atoms with Crippen molar-refractivity contribution in [3.63, 3.8) is 0 Å². The molecule has 0 radical (unpaired) electrons. The molecular weight excluding hydrogens is 493 g/mol. The van der Waals surface area contributed by atoms with Crippen molar-refractivity contribution in [3.8, 4) is 5.75 Å². The maximum Gasteiger partial charge on any atom is 0.232 e. The highest BCUT2D eigenvalue weighted by molar-refractivity contribution is 8.00. The average Bonchev–Trinajstić information content (AvgIpc) is 3.30. The molecule has 0 bridgehead atoms. The van der Waals surface area contributed by atoms with Gasteiger partial charge in [0.2, 0.25) is 5.13 Å². The molecule has 0 aliphatic carbocycles. The van der Waals surface area contributed by atoms with E-state index in [1.165, 1.54) is 16.9 Å². The van der Waals surface area contributed by atoms with Gasteiger partial charge in [0.15, 0.2) is 4.34 Å². The second kappa shape index (κ2) is 11.5. The summed E-state index contributed by atoms with van der Waals surface area (Å²) in [5, 5.41) is 10.6. The lowest BCUT2D eigenvalue weighted by molar-refractivity contribution is 0.415. The van der Waals surface area contributed by atoms with E-state index in [0.717, 1.165) is 37.7 Å². The first-order valence-electron chi connectivity index (χ1n) is 9.96. The normalized spacial score (nSPS) is 11.8. The molecule has 33 heavy (non-hydrogen) atoms. The standard InChI is InChI=1S/C25H19Cl2N3OS2/c1-31-22-13-4-17(5-14-22)6-15-23(19-7-11-21(27)12-8-19)28-24-29-30-25(33-24)32-16-18-2-9-20(26)10-3-18/h2-15H,16H2,1H3/b15-6+,28-23?. The van der Waals surface area contributed by atoms with Gasteiger partial charge in [-0.15, -0.1) is 10.2 Å². The Hall–Kier alpha value is -2.64. The molecule has 4 rings (SSSR count). The van der Waals surface area contributed by atoms with E-state index in [1.807, 2.05) is 84.9 Å². The summed E-state index contributed by atoms with van der Waals surface area (Å²) in [6.45, 7) is 0. The van der Waals surface area contributed by atoms with E-state index in [2.05, 4.69) is 10.2 Å². The van der Waals surface area contributed by atoms with Crippen molar-refractivity contribution in [2.75, 3.05) is 7.11 Å². The van der Waals surface area contributed by atoms with Crippen molar-refractivity contribution < 1.29 is 4.74 Å². The molecule has 4 nitrogen and oxygen atoms in total. The quantitative estimate of drug-likeness (QED) is 0.177. The highest BCUT2D eigenvalue weighted by Gasteiger charge is 2.08. The summed E-state index contributed by atoms with van der Waals surface area (Å²) < 4.78 is 6.09. The van der Waals surface area contributed by atoms with E-state index < -0.39 is 0 Å². The van der Waals surface area contributed by atoms with E-state index in [4.69, 9.17) is 32.9 Å². The highest BCUT2D eigenvalue weighted by Crippen LogP contribution is 2.30. The third-order valence-corrected chi connectivity index (χ3v) is 7.10. The maximum atomic E-state index is 6.08. The first-order valence-corrected chi connectivity index (χ1v) is 12.5. The van der Waals surface area contributed by atoms with Gasteiger partial charge in [0.25, 0.3) is 0 Å². The van der Waals surface area contributed by atoms with Crippen molar-refractivity contribution in [3.05, 3.63) is 106 Å². The van der Waals surface area contributed by atoms with Gasteiger partial charge in [-0.1, -0.05) is 88.8 Å². The van der Waals surface area contributed by atoms with Crippen molar-refractivity contribution in [2.24, 2.45) is 4.99 Å². The van der Waals surface area contributed by atoms with Gasteiger partial charge >= 0.3 is 0 Å². The molecule has 0 atom stereocenters. The molecule has 166 valence electrons. The van der Waals surface area contributed by atoms with Crippen molar-refractivity contribution in [2.45, 2.75) is 10.1 Å². The lowest BCUT2D eigenvalue weighted by Gasteiger charge is -2.02. The number of thioether (sulfide) groups is 1. The minimum Gasteiger partial charge on any atom is -0.497 e. The molecule has 1 heterocycles. The smallest absolute Gasteiger partial charge is 0.232 e. The molecule has 0 amide bonds. The van der Waals surface area contributed by atoms with Crippen LogP contribution in [0.15, 0.2) is 88.2 Å². The van der Waals surface area contributed by atoms with Crippen LogP contribution in [0, 0.1) is 0 Å². The van der Waals surface area contributed by atoms with Crippen molar-refractivity contribution in [1.29, 1.82) is 0 Å². The molecule has 0 fully saturated rings. The Morgan fingerprint density at radius 2 is 1.61 bits per heavy atom. The van der Waals surface area contributed by atoms with Gasteiger partial charge in [-0.3, -0.25) is 0 Å². The lowest BCUT2D eigenvalue weighted by atomic mass is 10.1. The van der Waals surface area contributed by atoms with E-state index in [-0.39, 0.29) is 0 Å². The molecule has 0 saturated carbocycles. The fraction of sp³-hybridized carbons (Fsp3) is 0.0800. The summed E-state index contributed by atoms with van der Waals surface area (Å²) in [5.41, 5.74) is 3.92. The molecule has 1 aromatic heterocycles.